The first-order valence-corrected chi connectivity index (χ1v) is 6.61. The van der Waals surface area contributed by atoms with Crippen LogP contribution in [-0.4, -0.2) is 0 Å². The van der Waals surface area contributed by atoms with Crippen LogP contribution < -0.4 is 5.32 Å². The van der Waals surface area contributed by atoms with Crippen molar-refractivity contribution in [3.05, 3.63) is 69.2 Å². The van der Waals surface area contributed by atoms with E-state index in [4.69, 9.17) is 23.2 Å². The molecule has 0 unspecified atom stereocenters. The zero-order chi connectivity index (χ0) is 13.0. The zero-order valence-corrected chi connectivity index (χ0v) is 11.7. The summed E-state index contributed by atoms with van der Waals surface area (Å²) in [5, 5.41) is 4.58. The fourth-order valence-electron chi connectivity index (χ4n) is 1.71. The summed E-state index contributed by atoms with van der Waals surface area (Å²) in [6.07, 6.45) is 0. The number of rotatable bonds is 4. The second-order valence-corrected chi connectivity index (χ2v) is 5.15. The van der Waals surface area contributed by atoms with Gasteiger partial charge in [-0.05, 0) is 30.2 Å². The van der Waals surface area contributed by atoms with Gasteiger partial charge in [0, 0.05) is 13.1 Å². The molecule has 94 valence electrons. The second-order valence-electron chi connectivity index (χ2n) is 4.34. The zero-order valence-electron chi connectivity index (χ0n) is 10.2. The van der Waals surface area contributed by atoms with Crippen LogP contribution in [0.5, 0.6) is 0 Å². The van der Waals surface area contributed by atoms with E-state index in [1.807, 2.05) is 18.2 Å². The Kier molecular flexibility index (Phi) is 4.65. The van der Waals surface area contributed by atoms with E-state index in [2.05, 4.69) is 36.5 Å². The maximum Gasteiger partial charge on any atom is 0.0595 e. The van der Waals surface area contributed by atoms with Gasteiger partial charge in [-0.2, -0.15) is 0 Å². The quantitative estimate of drug-likeness (QED) is 0.863. The summed E-state index contributed by atoms with van der Waals surface area (Å²) in [5.74, 6) is 0. The van der Waals surface area contributed by atoms with Gasteiger partial charge in [-0.1, -0.05) is 59.1 Å². The van der Waals surface area contributed by atoms with Crippen molar-refractivity contribution in [3.8, 4) is 0 Å². The van der Waals surface area contributed by atoms with E-state index in [0.717, 1.165) is 18.7 Å². The van der Waals surface area contributed by atoms with E-state index in [9.17, 15) is 0 Å². The molecule has 0 saturated heterocycles. The first-order valence-electron chi connectivity index (χ1n) is 5.85. The van der Waals surface area contributed by atoms with E-state index in [1.54, 1.807) is 0 Å². The lowest BCUT2D eigenvalue weighted by Crippen LogP contribution is -2.12. The summed E-state index contributed by atoms with van der Waals surface area (Å²) < 4.78 is 0. The molecule has 0 bridgehead atoms. The molecule has 0 atom stereocenters. The van der Waals surface area contributed by atoms with Crippen molar-refractivity contribution in [1.82, 2.24) is 5.32 Å². The highest BCUT2D eigenvalue weighted by Gasteiger charge is 1.99. The van der Waals surface area contributed by atoms with Gasteiger partial charge in [-0.3, -0.25) is 0 Å². The predicted molar refractivity (Wildman–Crippen MR) is 78.2 cm³/mol. The van der Waals surface area contributed by atoms with Gasteiger partial charge < -0.3 is 5.32 Å². The molecule has 2 aromatic rings. The van der Waals surface area contributed by atoms with Gasteiger partial charge in [-0.25, -0.2) is 0 Å². The van der Waals surface area contributed by atoms with Crippen LogP contribution in [0.1, 0.15) is 16.7 Å². The summed E-state index contributed by atoms with van der Waals surface area (Å²) in [6, 6.07) is 14.2. The molecule has 2 aromatic carbocycles. The third kappa shape index (κ3) is 3.74. The van der Waals surface area contributed by atoms with Crippen LogP contribution in [0.3, 0.4) is 0 Å². The standard InChI is InChI=1S/C15H15Cl2N/c1-11-2-4-12(5-3-11)9-18-10-13-6-7-14(16)15(17)8-13/h2-8,18H,9-10H2,1H3. The molecule has 0 amide bonds. The fraction of sp³-hybridized carbons (Fsp3) is 0.200. The number of aryl methyl sites for hydroxylation is 1. The van der Waals surface area contributed by atoms with Gasteiger partial charge in [0.15, 0.2) is 0 Å². The van der Waals surface area contributed by atoms with Crippen LogP contribution in [0.4, 0.5) is 0 Å². The van der Waals surface area contributed by atoms with E-state index >= 15 is 0 Å². The molecule has 0 aromatic heterocycles. The molecule has 0 spiro atoms. The third-order valence-electron chi connectivity index (χ3n) is 2.76. The van der Waals surface area contributed by atoms with Crippen molar-refractivity contribution < 1.29 is 0 Å². The first kappa shape index (κ1) is 13.4. The molecule has 0 aliphatic rings. The number of nitrogens with one attached hydrogen (secondary N) is 1. The Labute approximate surface area is 118 Å². The van der Waals surface area contributed by atoms with Gasteiger partial charge in [0.05, 0.1) is 10.0 Å². The SMILES string of the molecule is Cc1ccc(CNCc2ccc(Cl)c(Cl)c2)cc1. The minimum Gasteiger partial charge on any atom is -0.309 e. The molecule has 3 heteroatoms. The lowest BCUT2D eigenvalue weighted by Gasteiger charge is -2.06. The van der Waals surface area contributed by atoms with Crippen LogP contribution in [0.15, 0.2) is 42.5 Å². The molecule has 2 rings (SSSR count). The summed E-state index contributed by atoms with van der Waals surface area (Å²) in [6.45, 7) is 3.72. The van der Waals surface area contributed by atoms with E-state index in [0.29, 0.717) is 10.0 Å². The first-order chi connectivity index (χ1) is 8.65. The van der Waals surface area contributed by atoms with Gasteiger partial charge in [0.25, 0.3) is 0 Å². The third-order valence-corrected chi connectivity index (χ3v) is 3.50. The Balaban J connectivity index is 1.88. The Bertz CT molecular complexity index is 521. The van der Waals surface area contributed by atoms with Crippen molar-refractivity contribution in [3.63, 3.8) is 0 Å². The van der Waals surface area contributed by atoms with Gasteiger partial charge >= 0.3 is 0 Å². The largest absolute Gasteiger partial charge is 0.309 e. The topological polar surface area (TPSA) is 12.0 Å². The lowest BCUT2D eigenvalue weighted by atomic mass is 10.1. The molecule has 0 aliphatic heterocycles. The molecule has 0 aliphatic carbocycles. The summed E-state index contributed by atoms with van der Waals surface area (Å²) in [7, 11) is 0. The number of halogens is 2. The van der Waals surface area contributed by atoms with Crippen molar-refractivity contribution in [1.29, 1.82) is 0 Å². The van der Waals surface area contributed by atoms with Crippen LogP contribution in [0.2, 0.25) is 10.0 Å². The normalized spacial score (nSPS) is 10.6. The fourth-order valence-corrected chi connectivity index (χ4v) is 2.03. The molecule has 0 fully saturated rings. The minimum atomic E-state index is 0.596. The highest BCUT2D eigenvalue weighted by Crippen LogP contribution is 2.22. The second kappa shape index (κ2) is 6.24. The smallest absolute Gasteiger partial charge is 0.0595 e. The maximum atomic E-state index is 5.97. The van der Waals surface area contributed by atoms with E-state index < -0.39 is 0 Å². The molecular formula is C15H15Cl2N. The summed E-state index contributed by atoms with van der Waals surface area (Å²) in [4.78, 5) is 0. The van der Waals surface area contributed by atoms with Crippen molar-refractivity contribution in [2.75, 3.05) is 0 Å². The molecule has 0 radical (unpaired) electrons. The monoisotopic (exact) mass is 279 g/mol. The van der Waals surface area contributed by atoms with Gasteiger partial charge in [-0.15, -0.1) is 0 Å². The van der Waals surface area contributed by atoms with Crippen molar-refractivity contribution in [2.45, 2.75) is 20.0 Å². The number of benzene rings is 2. The molecule has 0 saturated carbocycles. The van der Waals surface area contributed by atoms with E-state index in [-0.39, 0.29) is 0 Å². The van der Waals surface area contributed by atoms with Crippen molar-refractivity contribution in [2.24, 2.45) is 0 Å². The highest BCUT2D eigenvalue weighted by atomic mass is 35.5. The minimum absolute atomic E-state index is 0.596. The average Bonchev–Trinajstić information content (AvgIpc) is 2.36. The number of hydrogen-bond acceptors (Lipinski definition) is 1. The Hall–Kier alpha value is -1.02. The van der Waals surface area contributed by atoms with Gasteiger partial charge in [0.1, 0.15) is 0 Å². The maximum absolute atomic E-state index is 5.97. The Morgan fingerprint density at radius 3 is 2.11 bits per heavy atom. The number of hydrogen-bond donors (Lipinski definition) is 1. The summed E-state index contributed by atoms with van der Waals surface area (Å²) >= 11 is 11.8. The Morgan fingerprint density at radius 1 is 0.833 bits per heavy atom. The molecule has 1 nitrogen and oxygen atoms in total. The average molecular weight is 280 g/mol. The van der Waals surface area contributed by atoms with Crippen LogP contribution >= 0.6 is 23.2 Å². The molecule has 0 heterocycles. The Morgan fingerprint density at radius 2 is 1.44 bits per heavy atom. The molecule has 18 heavy (non-hydrogen) atoms. The lowest BCUT2D eigenvalue weighted by molar-refractivity contribution is 0.693. The molecule has 1 N–H and O–H groups in total. The predicted octanol–water partition coefficient (Wildman–Crippen LogP) is 4.59. The van der Waals surface area contributed by atoms with Crippen LogP contribution in [-0.2, 0) is 13.1 Å². The van der Waals surface area contributed by atoms with Gasteiger partial charge in [0.2, 0.25) is 0 Å². The molecular weight excluding hydrogens is 265 g/mol. The van der Waals surface area contributed by atoms with Crippen molar-refractivity contribution >= 4 is 23.2 Å². The van der Waals surface area contributed by atoms with Crippen LogP contribution in [0, 0.1) is 6.92 Å². The van der Waals surface area contributed by atoms with Crippen LogP contribution in [0.25, 0.3) is 0 Å². The van der Waals surface area contributed by atoms with E-state index in [1.165, 1.54) is 11.1 Å². The summed E-state index contributed by atoms with van der Waals surface area (Å²) in [5.41, 5.74) is 3.69. The highest BCUT2D eigenvalue weighted by molar-refractivity contribution is 6.42.